The van der Waals surface area contributed by atoms with Crippen LogP contribution < -0.4 is 4.72 Å². The van der Waals surface area contributed by atoms with Gasteiger partial charge in [-0.2, -0.15) is 0 Å². The lowest BCUT2D eigenvalue weighted by atomic mass is 10.3. The Morgan fingerprint density at radius 2 is 1.84 bits per heavy atom. The Labute approximate surface area is 107 Å². The van der Waals surface area contributed by atoms with Gasteiger partial charge in [-0.15, -0.1) is 0 Å². The number of carboxylic acid groups (broad SMARTS) is 1. The summed E-state index contributed by atoms with van der Waals surface area (Å²) in [6.45, 7) is 0. The van der Waals surface area contributed by atoms with Crippen molar-refractivity contribution in [2.75, 3.05) is 10.5 Å². The number of sulfonamides is 1. The number of halogens is 3. The third-order valence-electron chi connectivity index (χ3n) is 2.10. The Kier molecular flexibility index (Phi) is 4.76. The van der Waals surface area contributed by atoms with Crippen LogP contribution in [-0.4, -0.2) is 25.2 Å². The number of carbonyl (C=O) groups is 1. The number of benzene rings is 1. The van der Waals surface area contributed by atoms with Crippen LogP contribution in [0.3, 0.4) is 0 Å². The summed E-state index contributed by atoms with van der Waals surface area (Å²) < 4.78 is 63.3. The van der Waals surface area contributed by atoms with Crippen LogP contribution in [0.5, 0.6) is 0 Å². The van der Waals surface area contributed by atoms with Gasteiger partial charge in [0.15, 0.2) is 17.5 Å². The predicted octanol–water partition coefficient (Wildman–Crippen LogP) is 1.71. The molecule has 0 aromatic heterocycles. The highest BCUT2D eigenvalue weighted by molar-refractivity contribution is 7.92. The maximum absolute atomic E-state index is 13.2. The average molecular weight is 297 g/mol. The van der Waals surface area contributed by atoms with Gasteiger partial charge in [-0.25, -0.2) is 21.6 Å². The van der Waals surface area contributed by atoms with E-state index in [2.05, 4.69) is 0 Å². The second kappa shape index (κ2) is 5.91. The summed E-state index contributed by atoms with van der Waals surface area (Å²) in [4.78, 5) is 10.2. The zero-order valence-electron chi connectivity index (χ0n) is 9.49. The SMILES string of the molecule is O=C(O)CCCS(=O)(=O)Nc1ccc(F)c(F)c1F. The van der Waals surface area contributed by atoms with Crippen LogP contribution in [0.25, 0.3) is 0 Å². The van der Waals surface area contributed by atoms with E-state index in [0.717, 1.165) is 6.07 Å². The van der Waals surface area contributed by atoms with Crippen LogP contribution in [0.2, 0.25) is 0 Å². The molecular formula is C10H10F3NO4S. The lowest BCUT2D eigenvalue weighted by Crippen LogP contribution is -2.18. The summed E-state index contributed by atoms with van der Waals surface area (Å²) >= 11 is 0. The molecule has 0 aliphatic heterocycles. The fourth-order valence-electron chi connectivity index (χ4n) is 1.24. The van der Waals surface area contributed by atoms with Crippen LogP contribution in [0.4, 0.5) is 18.9 Å². The summed E-state index contributed by atoms with van der Waals surface area (Å²) in [6.07, 6.45) is -0.558. The minimum Gasteiger partial charge on any atom is -0.481 e. The van der Waals surface area contributed by atoms with Crippen molar-refractivity contribution >= 4 is 21.7 Å². The van der Waals surface area contributed by atoms with E-state index in [1.165, 1.54) is 0 Å². The molecular weight excluding hydrogens is 287 g/mol. The van der Waals surface area contributed by atoms with E-state index in [4.69, 9.17) is 5.11 Å². The summed E-state index contributed by atoms with van der Waals surface area (Å²) in [5.41, 5.74) is -0.728. The molecule has 0 fully saturated rings. The molecule has 0 amide bonds. The quantitative estimate of drug-likeness (QED) is 0.783. The van der Waals surface area contributed by atoms with E-state index < -0.39 is 44.9 Å². The third kappa shape index (κ3) is 4.43. The Morgan fingerprint density at radius 3 is 2.42 bits per heavy atom. The van der Waals surface area contributed by atoms with E-state index in [0.29, 0.717) is 6.07 Å². The van der Waals surface area contributed by atoms with Crippen molar-refractivity contribution in [3.05, 3.63) is 29.6 Å². The first-order chi connectivity index (χ1) is 8.73. The normalized spacial score (nSPS) is 11.3. The number of aliphatic carboxylic acids is 1. The minimum atomic E-state index is -4.02. The van der Waals surface area contributed by atoms with Gasteiger partial charge in [-0.1, -0.05) is 0 Å². The Hall–Kier alpha value is -1.77. The number of hydrogen-bond acceptors (Lipinski definition) is 3. The largest absolute Gasteiger partial charge is 0.481 e. The zero-order chi connectivity index (χ0) is 14.6. The molecule has 0 aliphatic rings. The van der Waals surface area contributed by atoms with Gasteiger partial charge in [0, 0.05) is 6.42 Å². The maximum atomic E-state index is 13.2. The Balaban J connectivity index is 2.79. The predicted molar refractivity (Wildman–Crippen MR) is 60.6 cm³/mol. The monoisotopic (exact) mass is 297 g/mol. The van der Waals surface area contributed by atoms with Crippen LogP contribution in [0.1, 0.15) is 12.8 Å². The first-order valence-corrected chi connectivity index (χ1v) is 6.74. The van der Waals surface area contributed by atoms with Gasteiger partial charge >= 0.3 is 5.97 Å². The fourth-order valence-corrected chi connectivity index (χ4v) is 2.36. The van der Waals surface area contributed by atoms with E-state index in [1.54, 1.807) is 4.72 Å². The highest BCUT2D eigenvalue weighted by Gasteiger charge is 2.18. The van der Waals surface area contributed by atoms with Gasteiger partial charge in [-0.3, -0.25) is 9.52 Å². The standard InChI is InChI=1S/C10H10F3NO4S/c11-6-3-4-7(10(13)9(6)12)14-19(17,18)5-1-2-8(15)16/h3-4,14H,1-2,5H2,(H,15,16). The van der Waals surface area contributed by atoms with Gasteiger partial charge in [0.2, 0.25) is 10.0 Å². The van der Waals surface area contributed by atoms with Crippen molar-refractivity contribution in [1.82, 2.24) is 0 Å². The van der Waals surface area contributed by atoms with Crippen molar-refractivity contribution in [2.45, 2.75) is 12.8 Å². The number of rotatable bonds is 6. The van der Waals surface area contributed by atoms with Crippen molar-refractivity contribution in [3.8, 4) is 0 Å². The lowest BCUT2D eigenvalue weighted by Gasteiger charge is -2.09. The summed E-state index contributed by atoms with van der Waals surface area (Å²) in [5, 5.41) is 8.34. The Morgan fingerprint density at radius 1 is 1.21 bits per heavy atom. The minimum absolute atomic E-state index is 0.185. The van der Waals surface area contributed by atoms with Crippen molar-refractivity contribution in [3.63, 3.8) is 0 Å². The summed E-state index contributed by atoms with van der Waals surface area (Å²) in [5.74, 6) is -6.62. The van der Waals surface area contributed by atoms with E-state index in [1.807, 2.05) is 0 Å². The van der Waals surface area contributed by atoms with Crippen LogP contribution in [0.15, 0.2) is 12.1 Å². The van der Waals surface area contributed by atoms with Crippen LogP contribution >= 0.6 is 0 Å². The second-order valence-electron chi connectivity index (χ2n) is 3.64. The molecule has 0 radical (unpaired) electrons. The lowest BCUT2D eigenvalue weighted by molar-refractivity contribution is -0.137. The van der Waals surface area contributed by atoms with Gasteiger partial charge < -0.3 is 5.11 Å². The number of anilines is 1. The van der Waals surface area contributed by atoms with Crippen molar-refractivity contribution < 1.29 is 31.5 Å². The number of hydrogen-bond donors (Lipinski definition) is 2. The fraction of sp³-hybridized carbons (Fsp3) is 0.300. The van der Waals surface area contributed by atoms with Crippen molar-refractivity contribution in [2.24, 2.45) is 0 Å². The summed E-state index contributed by atoms with van der Waals surface area (Å²) in [7, 11) is -4.02. The van der Waals surface area contributed by atoms with Gasteiger partial charge in [0.05, 0.1) is 11.4 Å². The number of nitrogens with one attached hydrogen (secondary N) is 1. The highest BCUT2D eigenvalue weighted by atomic mass is 32.2. The molecule has 1 aromatic rings. The molecule has 5 nitrogen and oxygen atoms in total. The Bertz CT molecular complexity index is 589. The van der Waals surface area contributed by atoms with Gasteiger partial charge in [0.1, 0.15) is 0 Å². The molecule has 0 saturated carbocycles. The molecule has 19 heavy (non-hydrogen) atoms. The average Bonchev–Trinajstić information content (AvgIpc) is 2.29. The highest BCUT2D eigenvalue weighted by Crippen LogP contribution is 2.20. The van der Waals surface area contributed by atoms with Gasteiger partial charge in [0.25, 0.3) is 0 Å². The second-order valence-corrected chi connectivity index (χ2v) is 5.48. The molecule has 2 N–H and O–H groups in total. The topological polar surface area (TPSA) is 83.5 Å². The molecule has 0 bridgehead atoms. The molecule has 0 aliphatic carbocycles. The first-order valence-electron chi connectivity index (χ1n) is 5.09. The third-order valence-corrected chi connectivity index (χ3v) is 3.46. The molecule has 0 heterocycles. The summed E-state index contributed by atoms with van der Waals surface area (Å²) in [6, 6.07) is 1.32. The molecule has 9 heteroatoms. The van der Waals surface area contributed by atoms with E-state index >= 15 is 0 Å². The number of carboxylic acids is 1. The molecule has 1 aromatic carbocycles. The molecule has 0 spiro atoms. The smallest absolute Gasteiger partial charge is 0.303 e. The first kappa shape index (κ1) is 15.3. The zero-order valence-corrected chi connectivity index (χ0v) is 10.3. The van der Waals surface area contributed by atoms with Gasteiger partial charge in [-0.05, 0) is 18.6 Å². The molecule has 0 unspecified atom stereocenters. The molecule has 1 rings (SSSR count). The molecule has 0 atom stereocenters. The molecule has 106 valence electrons. The van der Waals surface area contributed by atoms with E-state index in [-0.39, 0.29) is 12.8 Å². The van der Waals surface area contributed by atoms with Crippen molar-refractivity contribution in [1.29, 1.82) is 0 Å². The van der Waals surface area contributed by atoms with Crippen LogP contribution in [-0.2, 0) is 14.8 Å². The molecule has 0 saturated heterocycles. The van der Waals surface area contributed by atoms with Crippen LogP contribution in [0, 0.1) is 17.5 Å². The van der Waals surface area contributed by atoms with E-state index in [9.17, 15) is 26.4 Å². The maximum Gasteiger partial charge on any atom is 0.303 e.